The van der Waals surface area contributed by atoms with Gasteiger partial charge in [0, 0.05) is 6.20 Å². The van der Waals surface area contributed by atoms with E-state index in [-0.39, 0.29) is 0 Å². The van der Waals surface area contributed by atoms with E-state index < -0.39 is 6.10 Å². The quantitative estimate of drug-likeness (QED) is 0.874. The summed E-state index contributed by atoms with van der Waals surface area (Å²) in [5.74, 6) is 1.36. The summed E-state index contributed by atoms with van der Waals surface area (Å²) in [6.45, 7) is 1.79. The third-order valence-corrected chi connectivity index (χ3v) is 2.49. The summed E-state index contributed by atoms with van der Waals surface area (Å²) in [6.07, 6.45) is 0.882. The molecule has 0 radical (unpaired) electrons. The summed E-state index contributed by atoms with van der Waals surface area (Å²) in [4.78, 5) is 8.21. The van der Waals surface area contributed by atoms with Gasteiger partial charge >= 0.3 is 0 Å². The number of nitrogens with zero attached hydrogens (tertiary/aromatic N) is 2. The SMILES string of the molecule is COc1cccc(C(O)c2ccnc(C)n2)c1. The van der Waals surface area contributed by atoms with Crippen molar-refractivity contribution in [2.24, 2.45) is 0 Å². The van der Waals surface area contributed by atoms with Crippen molar-refractivity contribution in [2.45, 2.75) is 13.0 Å². The number of aliphatic hydroxyl groups is 1. The highest BCUT2D eigenvalue weighted by Gasteiger charge is 2.12. The van der Waals surface area contributed by atoms with E-state index in [1.807, 2.05) is 18.2 Å². The number of methoxy groups -OCH3 is 1. The number of hydrogen-bond acceptors (Lipinski definition) is 4. The van der Waals surface area contributed by atoms with Crippen LogP contribution in [0, 0.1) is 6.92 Å². The molecule has 88 valence electrons. The van der Waals surface area contributed by atoms with Crippen LogP contribution in [-0.2, 0) is 0 Å². The summed E-state index contributed by atoms with van der Waals surface area (Å²) in [5.41, 5.74) is 1.34. The van der Waals surface area contributed by atoms with Gasteiger partial charge in [0.2, 0.25) is 0 Å². The van der Waals surface area contributed by atoms with Crippen LogP contribution in [0.15, 0.2) is 36.5 Å². The van der Waals surface area contributed by atoms with Gasteiger partial charge in [0.1, 0.15) is 17.7 Å². The van der Waals surface area contributed by atoms with Gasteiger partial charge in [-0.25, -0.2) is 9.97 Å². The zero-order valence-corrected chi connectivity index (χ0v) is 9.79. The number of hydrogen-bond donors (Lipinski definition) is 1. The topological polar surface area (TPSA) is 55.2 Å². The maximum Gasteiger partial charge on any atom is 0.125 e. The van der Waals surface area contributed by atoms with Gasteiger partial charge in [-0.05, 0) is 30.7 Å². The van der Waals surface area contributed by atoms with Crippen molar-refractivity contribution in [3.8, 4) is 5.75 Å². The molecule has 0 aliphatic carbocycles. The van der Waals surface area contributed by atoms with Crippen LogP contribution in [-0.4, -0.2) is 22.2 Å². The van der Waals surface area contributed by atoms with Crippen molar-refractivity contribution in [2.75, 3.05) is 7.11 Å². The number of aromatic nitrogens is 2. The van der Waals surface area contributed by atoms with E-state index in [4.69, 9.17) is 4.74 Å². The smallest absolute Gasteiger partial charge is 0.125 e. The summed E-state index contributed by atoms with van der Waals surface area (Å²) in [6, 6.07) is 9.01. The predicted octanol–water partition coefficient (Wildman–Crippen LogP) is 1.88. The van der Waals surface area contributed by atoms with Gasteiger partial charge in [0.25, 0.3) is 0 Å². The van der Waals surface area contributed by atoms with Crippen LogP contribution < -0.4 is 4.74 Å². The van der Waals surface area contributed by atoms with Crippen LogP contribution in [0.2, 0.25) is 0 Å². The van der Waals surface area contributed by atoms with E-state index in [1.165, 1.54) is 0 Å². The lowest BCUT2D eigenvalue weighted by Crippen LogP contribution is -2.04. The molecule has 0 amide bonds. The van der Waals surface area contributed by atoms with Gasteiger partial charge in [-0.3, -0.25) is 0 Å². The van der Waals surface area contributed by atoms with E-state index >= 15 is 0 Å². The lowest BCUT2D eigenvalue weighted by Gasteiger charge is -2.11. The number of benzene rings is 1. The molecule has 1 unspecified atom stereocenters. The molecule has 4 heteroatoms. The Balaban J connectivity index is 2.33. The van der Waals surface area contributed by atoms with Crippen molar-refractivity contribution in [3.63, 3.8) is 0 Å². The van der Waals surface area contributed by atoms with Crippen LogP contribution in [0.1, 0.15) is 23.2 Å². The summed E-state index contributed by atoms with van der Waals surface area (Å²) < 4.78 is 5.12. The minimum atomic E-state index is -0.758. The van der Waals surface area contributed by atoms with Crippen molar-refractivity contribution >= 4 is 0 Å². The first-order chi connectivity index (χ1) is 8.20. The highest BCUT2D eigenvalue weighted by Crippen LogP contribution is 2.23. The van der Waals surface area contributed by atoms with Gasteiger partial charge in [0.05, 0.1) is 12.8 Å². The fourth-order valence-electron chi connectivity index (χ4n) is 1.61. The molecule has 1 aromatic heterocycles. The Bertz CT molecular complexity index is 514. The van der Waals surface area contributed by atoms with Crippen LogP contribution in [0.4, 0.5) is 0 Å². The summed E-state index contributed by atoms with van der Waals surface area (Å²) in [5, 5.41) is 10.2. The molecule has 4 nitrogen and oxygen atoms in total. The first-order valence-electron chi connectivity index (χ1n) is 5.32. The molecule has 1 N–H and O–H groups in total. The second-order valence-electron chi connectivity index (χ2n) is 3.71. The molecule has 1 heterocycles. The molecule has 0 bridgehead atoms. The first kappa shape index (κ1) is 11.5. The molecule has 0 aliphatic rings. The van der Waals surface area contributed by atoms with Crippen LogP contribution in [0.25, 0.3) is 0 Å². The van der Waals surface area contributed by atoms with Crippen molar-refractivity contribution in [1.29, 1.82) is 0 Å². The average molecular weight is 230 g/mol. The highest BCUT2D eigenvalue weighted by molar-refractivity contribution is 5.33. The van der Waals surface area contributed by atoms with Gasteiger partial charge in [-0.2, -0.15) is 0 Å². The molecule has 2 rings (SSSR count). The lowest BCUT2D eigenvalue weighted by atomic mass is 10.1. The van der Waals surface area contributed by atoms with E-state index in [1.54, 1.807) is 32.4 Å². The summed E-state index contributed by atoms with van der Waals surface area (Å²) in [7, 11) is 1.60. The maximum atomic E-state index is 10.2. The molecular weight excluding hydrogens is 216 g/mol. The van der Waals surface area contributed by atoms with Gasteiger partial charge in [-0.1, -0.05) is 12.1 Å². The number of ether oxygens (including phenoxy) is 1. The molecule has 1 atom stereocenters. The van der Waals surface area contributed by atoms with Crippen LogP contribution in [0.5, 0.6) is 5.75 Å². The molecule has 0 aliphatic heterocycles. The zero-order valence-electron chi connectivity index (χ0n) is 9.79. The Kier molecular flexibility index (Phi) is 3.35. The van der Waals surface area contributed by atoms with Crippen LogP contribution in [0.3, 0.4) is 0 Å². The Morgan fingerprint density at radius 3 is 2.82 bits per heavy atom. The second-order valence-corrected chi connectivity index (χ2v) is 3.71. The number of aryl methyl sites for hydroxylation is 1. The highest BCUT2D eigenvalue weighted by atomic mass is 16.5. The van der Waals surface area contributed by atoms with Gasteiger partial charge in [0.15, 0.2) is 0 Å². The Labute approximate surface area is 99.9 Å². The van der Waals surface area contributed by atoms with Gasteiger partial charge in [-0.15, -0.1) is 0 Å². The molecular formula is C13H14N2O2. The standard InChI is InChI=1S/C13H14N2O2/c1-9-14-7-6-12(15-9)13(16)10-4-3-5-11(8-10)17-2/h3-8,13,16H,1-2H3. The monoisotopic (exact) mass is 230 g/mol. The third-order valence-electron chi connectivity index (χ3n) is 2.49. The molecule has 0 saturated carbocycles. The van der Waals surface area contributed by atoms with Gasteiger partial charge < -0.3 is 9.84 Å². The number of rotatable bonds is 3. The molecule has 1 aromatic carbocycles. The second kappa shape index (κ2) is 4.93. The molecule has 0 spiro atoms. The maximum absolute atomic E-state index is 10.2. The van der Waals surface area contributed by atoms with E-state index in [9.17, 15) is 5.11 Å². The molecule has 2 aromatic rings. The molecule has 0 fully saturated rings. The van der Waals surface area contributed by atoms with Crippen LogP contribution >= 0.6 is 0 Å². The van der Waals surface area contributed by atoms with Crippen molar-refractivity contribution in [1.82, 2.24) is 9.97 Å². The zero-order chi connectivity index (χ0) is 12.3. The first-order valence-corrected chi connectivity index (χ1v) is 5.32. The average Bonchev–Trinajstić information content (AvgIpc) is 2.38. The van der Waals surface area contributed by atoms with Crippen molar-refractivity contribution < 1.29 is 9.84 Å². The Morgan fingerprint density at radius 1 is 1.29 bits per heavy atom. The Morgan fingerprint density at radius 2 is 2.12 bits per heavy atom. The normalized spacial score (nSPS) is 12.2. The third kappa shape index (κ3) is 2.60. The minimum Gasteiger partial charge on any atom is -0.497 e. The van der Waals surface area contributed by atoms with E-state index in [0.717, 1.165) is 5.56 Å². The van der Waals surface area contributed by atoms with E-state index in [0.29, 0.717) is 17.3 Å². The fraction of sp³-hybridized carbons (Fsp3) is 0.231. The fourth-order valence-corrected chi connectivity index (χ4v) is 1.61. The largest absolute Gasteiger partial charge is 0.497 e. The minimum absolute atomic E-state index is 0.589. The Hall–Kier alpha value is -1.94. The van der Waals surface area contributed by atoms with Crippen molar-refractivity contribution in [3.05, 3.63) is 53.6 Å². The summed E-state index contributed by atoms with van der Waals surface area (Å²) >= 11 is 0. The number of aliphatic hydroxyl groups excluding tert-OH is 1. The van der Waals surface area contributed by atoms with E-state index in [2.05, 4.69) is 9.97 Å². The molecule has 17 heavy (non-hydrogen) atoms. The predicted molar refractivity (Wildman–Crippen MR) is 63.8 cm³/mol. The molecule has 0 saturated heterocycles. The lowest BCUT2D eigenvalue weighted by molar-refractivity contribution is 0.214.